The fourth-order valence-corrected chi connectivity index (χ4v) is 2.37. The fourth-order valence-electron chi connectivity index (χ4n) is 2.08. The number of hydrogen-bond acceptors (Lipinski definition) is 2. The Kier molecular flexibility index (Phi) is 3.43. The minimum Gasteiger partial charge on any atom is -0.264 e. The van der Waals surface area contributed by atoms with E-state index in [9.17, 15) is 0 Å². The number of alkyl halides is 1. The molecule has 0 spiro atoms. The first-order valence-corrected chi connectivity index (χ1v) is 6.65. The molecule has 3 aromatic rings. The maximum Gasteiger partial charge on any atom is 0.0705 e. The number of aromatic nitrogens is 2. The maximum atomic E-state index is 6.41. The van der Waals surface area contributed by atoms with Crippen LogP contribution in [0.5, 0.6) is 0 Å². The quantitative estimate of drug-likeness (QED) is 0.667. The molecule has 19 heavy (non-hydrogen) atoms. The van der Waals surface area contributed by atoms with Crippen molar-refractivity contribution in [2.45, 2.75) is 11.8 Å². The van der Waals surface area contributed by atoms with Gasteiger partial charge in [0.15, 0.2) is 0 Å². The highest BCUT2D eigenvalue weighted by Crippen LogP contribution is 2.24. The molecule has 0 aliphatic rings. The molecule has 0 saturated heterocycles. The highest BCUT2D eigenvalue weighted by molar-refractivity contribution is 6.20. The van der Waals surface area contributed by atoms with Gasteiger partial charge in [-0.05, 0) is 23.8 Å². The third kappa shape index (κ3) is 2.74. The number of pyridine rings is 2. The molecule has 0 aliphatic heterocycles. The summed E-state index contributed by atoms with van der Waals surface area (Å²) in [6.07, 6.45) is 4.26. The van der Waals surface area contributed by atoms with E-state index in [0.29, 0.717) is 6.42 Å². The first-order chi connectivity index (χ1) is 9.33. The van der Waals surface area contributed by atoms with Crippen LogP contribution in [0.4, 0.5) is 0 Å². The molecular formula is C16H13ClN2. The number of para-hydroxylation sites is 1. The molecule has 0 aliphatic carbocycles. The molecular weight excluding hydrogens is 256 g/mol. The number of nitrogens with zero attached hydrogens (tertiary/aromatic N) is 2. The Balaban J connectivity index is 1.85. The second-order valence-corrected chi connectivity index (χ2v) is 4.98. The average Bonchev–Trinajstić information content (AvgIpc) is 2.48. The first kappa shape index (κ1) is 12.1. The summed E-state index contributed by atoms with van der Waals surface area (Å²) in [6, 6.07) is 16.1. The SMILES string of the molecule is ClC(Cc1ccc2ccccc2n1)c1cccnc1. The standard InChI is InChI=1S/C16H13ClN2/c17-15(13-5-3-9-18-11-13)10-14-8-7-12-4-1-2-6-16(12)19-14/h1-9,11,15H,10H2. The summed E-state index contributed by atoms with van der Waals surface area (Å²) in [6.45, 7) is 0. The van der Waals surface area contributed by atoms with Crippen LogP contribution in [0.2, 0.25) is 0 Å². The zero-order valence-electron chi connectivity index (χ0n) is 10.3. The molecule has 0 N–H and O–H groups in total. The topological polar surface area (TPSA) is 25.8 Å². The summed E-state index contributed by atoms with van der Waals surface area (Å²) in [5.74, 6) is 0. The average molecular weight is 269 g/mol. The number of hydrogen-bond donors (Lipinski definition) is 0. The smallest absolute Gasteiger partial charge is 0.0705 e. The van der Waals surface area contributed by atoms with Crippen molar-refractivity contribution in [2.75, 3.05) is 0 Å². The molecule has 2 heterocycles. The van der Waals surface area contributed by atoms with Crippen molar-refractivity contribution < 1.29 is 0 Å². The van der Waals surface area contributed by atoms with Crippen LogP contribution >= 0.6 is 11.6 Å². The predicted molar refractivity (Wildman–Crippen MR) is 78.3 cm³/mol. The van der Waals surface area contributed by atoms with Gasteiger partial charge in [-0.25, -0.2) is 0 Å². The Morgan fingerprint density at radius 3 is 2.74 bits per heavy atom. The van der Waals surface area contributed by atoms with Crippen molar-refractivity contribution >= 4 is 22.5 Å². The first-order valence-electron chi connectivity index (χ1n) is 6.21. The molecule has 0 fully saturated rings. The Labute approximate surface area is 117 Å². The van der Waals surface area contributed by atoms with Crippen LogP contribution < -0.4 is 0 Å². The minimum absolute atomic E-state index is 0.0950. The monoisotopic (exact) mass is 268 g/mol. The lowest BCUT2D eigenvalue weighted by Gasteiger charge is -2.09. The number of rotatable bonds is 3. The van der Waals surface area contributed by atoms with E-state index in [2.05, 4.69) is 22.1 Å². The summed E-state index contributed by atoms with van der Waals surface area (Å²) in [7, 11) is 0. The third-order valence-electron chi connectivity index (χ3n) is 3.09. The van der Waals surface area contributed by atoms with Crippen molar-refractivity contribution in [1.29, 1.82) is 0 Å². The fraction of sp³-hybridized carbons (Fsp3) is 0.125. The Bertz CT molecular complexity index is 682. The highest BCUT2D eigenvalue weighted by atomic mass is 35.5. The molecule has 0 saturated carbocycles. The van der Waals surface area contributed by atoms with Gasteiger partial charge in [-0.1, -0.05) is 30.3 Å². The second-order valence-electron chi connectivity index (χ2n) is 4.45. The summed E-state index contributed by atoms with van der Waals surface area (Å²) in [4.78, 5) is 8.73. The zero-order valence-corrected chi connectivity index (χ0v) is 11.1. The van der Waals surface area contributed by atoms with Crippen LogP contribution in [0.3, 0.4) is 0 Å². The van der Waals surface area contributed by atoms with E-state index in [-0.39, 0.29) is 5.38 Å². The summed E-state index contributed by atoms with van der Waals surface area (Å²) in [5.41, 5.74) is 3.04. The van der Waals surface area contributed by atoms with Crippen molar-refractivity contribution in [3.05, 3.63) is 72.2 Å². The van der Waals surface area contributed by atoms with Crippen molar-refractivity contribution in [2.24, 2.45) is 0 Å². The van der Waals surface area contributed by atoms with E-state index in [1.54, 1.807) is 12.4 Å². The van der Waals surface area contributed by atoms with Crippen LogP contribution in [0.15, 0.2) is 60.9 Å². The van der Waals surface area contributed by atoms with Crippen LogP contribution in [-0.4, -0.2) is 9.97 Å². The minimum atomic E-state index is -0.0950. The number of halogens is 1. The van der Waals surface area contributed by atoms with Crippen LogP contribution in [-0.2, 0) is 6.42 Å². The van der Waals surface area contributed by atoms with E-state index in [1.807, 2.05) is 36.4 Å². The van der Waals surface area contributed by atoms with Gasteiger partial charge in [-0.3, -0.25) is 9.97 Å². The third-order valence-corrected chi connectivity index (χ3v) is 3.50. The van der Waals surface area contributed by atoms with Crippen LogP contribution in [0.1, 0.15) is 16.6 Å². The lowest BCUT2D eigenvalue weighted by atomic mass is 10.1. The Morgan fingerprint density at radius 1 is 1.00 bits per heavy atom. The van der Waals surface area contributed by atoms with E-state index in [0.717, 1.165) is 22.2 Å². The molecule has 3 heteroatoms. The summed E-state index contributed by atoms with van der Waals surface area (Å²) >= 11 is 6.41. The lowest BCUT2D eigenvalue weighted by Crippen LogP contribution is -1.98. The van der Waals surface area contributed by atoms with Gasteiger partial charge in [0.1, 0.15) is 0 Å². The molecule has 3 rings (SSSR count). The van der Waals surface area contributed by atoms with Gasteiger partial charge in [-0.15, -0.1) is 11.6 Å². The normalized spacial score (nSPS) is 12.5. The summed E-state index contributed by atoms with van der Waals surface area (Å²) in [5, 5.41) is 1.06. The Hall–Kier alpha value is -1.93. The molecule has 94 valence electrons. The lowest BCUT2D eigenvalue weighted by molar-refractivity contribution is 0.881. The van der Waals surface area contributed by atoms with Gasteiger partial charge in [0, 0.05) is 29.9 Å². The molecule has 1 aromatic carbocycles. The number of fused-ring (bicyclic) bond motifs is 1. The maximum absolute atomic E-state index is 6.41. The number of benzene rings is 1. The van der Waals surface area contributed by atoms with E-state index >= 15 is 0 Å². The van der Waals surface area contributed by atoms with Gasteiger partial charge < -0.3 is 0 Å². The molecule has 2 nitrogen and oxygen atoms in total. The van der Waals surface area contributed by atoms with Gasteiger partial charge in [-0.2, -0.15) is 0 Å². The Morgan fingerprint density at radius 2 is 1.89 bits per heavy atom. The van der Waals surface area contributed by atoms with E-state index < -0.39 is 0 Å². The highest BCUT2D eigenvalue weighted by Gasteiger charge is 2.10. The van der Waals surface area contributed by atoms with Crippen molar-refractivity contribution in [3.63, 3.8) is 0 Å². The van der Waals surface area contributed by atoms with E-state index in [4.69, 9.17) is 11.6 Å². The van der Waals surface area contributed by atoms with Crippen molar-refractivity contribution in [1.82, 2.24) is 9.97 Å². The van der Waals surface area contributed by atoms with Gasteiger partial charge in [0.05, 0.1) is 10.9 Å². The molecule has 0 radical (unpaired) electrons. The van der Waals surface area contributed by atoms with E-state index in [1.165, 1.54) is 0 Å². The van der Waals surface area contributed by atoms with Gasteiger partial charge in [0.2, 0.25) is 0 Å². The molecule has 1 atom stereocenters. The molecule has 1 unspecified atom stereocenters. The summed E-state index contributed by atoms with van der Waals surface area (Å²) < 4.78 is 0. The molecule has 0 bridgehead atoms. The molecule has 2 aromatic heterocycles. The molecule has 0 amide bonds. The second kappa shape index (κ2) is 5.37. The van der Waals surface area contributed by atoms with Crippen LogP contribution in [0, 0.1) is 0 Å². The van der Waals surface area contributed by atoms with Crippen molar-refractivity contribution in [3.8, 4) is 0 Å². The predicted octanol–water partition coefficient (Wildman–Crippen LogP) is 4.15. The van der Waals surface area contributed by atoms with Gasteiger partial charge in [0.25, 0.3) is 0 Å². The zero-order chi connectivity index (χ0) is 13.1. The largest absolute Gasteiger partial charge is 0.264 e. The van der Waals surface area contributed by atoms with Crippen LogP contribution in [0.25, 0.3) is 10.9 Å². The van der Waals surface area contributed by atoms with Gasteiger partial charge >= 0.3 is 0 Å².